The maximum Gasteiger partial charge on any atom is 0.254 e. The fourth-order valence-electron chi connectivity index (χ4n) is 3.18. The SMILES string of the molecule is O=C(c1ccncc1)N1CCN(Cc2csc3ccccc23)CC1. The summed E-state index contributed by atoms with van der Waals surface area (Å²) in [6.45, 7) is 4.36. The highest BCUT2D eigenvalue weighted by atomic mass is 32.1. The number of carbonyl (C=O) groups is 1. The van der Waals surface area contributed by atoms with E-state index in [1.807, 2.05) is 16.2 Å². The molecule has 0 bridgehead atoms. The number of aromatic nitrogens is 1. The molecule has 1 aliphatic rings. The van der Waals surface area contributed by atoms with Crippen LogP contribution in [0.2, 0.25) is 0 Å². The molecular weight excluding hydrogens is 318 g/mol. The predicted octanol–water partition coefficient (Wildman–Crippen LogP) is 3.25. The number of hydrogen-bond acceptors (Lipinski definition) is 4. The molecule has 2 aromatic heterocycles. The van der Waals surface area contributed by atoms with Gasteiger partial charge in [-0.3, -0.25) is 14.7 Å². The number of fused-ring (bicyclic) bond motifs is 1. The second-order valence-electron chi connectivity index (χ2n) is 6.06. The van der Waals surface area contributed by atoms with Gasteiger partial charge in [0, 0.05) is 55.4 Å². The highest BCUT2D eigenvalue weighted by molar-refractivity contribution is 7.17. The number of pyridine rings is 1. The van der Waals surface area contributed by atoms with Crippen LogP contribution in [0.1, 0.15) is 15.9 Å². The van der Waals surface area contributed by atoms with Gasteiger partial charge >= 0.3 is 0 Å². The van der Waals surface area contributed by atoms with Crippen LogP contribution in [0.15, 0.2) is 54.2 Å². The van der Waals surface area contributed by atoms with Crippen molar-refractivity contribution in [3.63, 3.8) is 0 Å². The van der Waals surface area contributed by atoms with Gasteiger partial charge in [-0.1, -0.05) is 18.2 Å². The first-order chi connectivity index (χ1) is 11.8. The van der Waals surface area contributed by atoms with Crippen LogP contribution < -0.4 is 0 Å². The zero-order valence-corrected chi connectivity index (χ0v) is 14.2. The van der Waals surface area contributed by atoms with E-state index in [4.69, 9.17) is 0 Å². The highest BCUT2D eigenvalue weighted by Gasteiger charge is 2.22. The second-order valence-corrected chi connectivity index (χ2v) is 6.97. The topological polar surface area (TPSA) is 36.4 Å². The number of thiophene rings is 1. The third kappa shape index (κ3) is 3.05. The summed E-state index contributed by atoms with van der Waals surface area (Å²) in [7, 11) is 0. The molecule has 4 nitrogen and oxygen atoms in total. The molecule has 4 rings (SSSR count). The summed E-state index contributed by atoms with van der Waals surface area (Å²) < 4.78 is 1.35. The normalized spacial score (nSPS) is 15.8. The van der Waals surface area contributed by atoms with Crippen molar-refractivity contribution in [1.82, 2.24) is 14.8 Å². The van der Waals surface area contributed by atoms with Crippen molar-refractivity contribution >= 4 is 27.3 Å². The van der Waals surface area contributed by atoms with E-state index < -0.39 is 0 Å². The number of carbonyl (C=O) groups excluding carboxylic acids is 1. The lowest BCUT2D eigenvalue weighted by molar-refractivity contribution is 0.0629. The Labute approximate surface area is 145 Å². The Morgan fingerprint density at radius 2 is 1.79 bits per heavy atom. The van der Waals surface area contributed by atoms with Gasteiger partial charge in [-0.15, -0.1) is 11.3 Å². The quantitative estimate of drug-likeness (QED) is 0.736. The van der Waals surface area contributed by atoms with E-state index in [-0.39, 0.29) is 5.91 Å². The molecule has 0 unspecified atom stereocenters. The molecule has 0 saturated carbocycles. The minimum Gasteiger partial charge on any atom is -0.336 e. The standard InChI is InChI=1S/C19H19N3OS/c23-19(15-5-7-20-8-6-15)22-11-9-21(10-12-22)13-16-14-24-18-4-2-1-3-17(16)18/h1-8,14H,9-13H2. The highest BCUT2D eigenvalue weighted by Crippen LogP contribution is 2.27. The van der Waals surface area contributed by atoms with E-state index >= 15 is 0 Å². The van der Waals surface area contributed by atoms with Gasteiger partial charge in [-0.05, 0) is 34.5 Å². The summed E-state index contributed by atoms with van der Waals surface area (Å²) in [4.78, 5) is 20.8. The fraction of sp³-hybridized carbons (Fsp3) is 0.263. The molecule has 0 aliphatic carbocycles. The van der Waals surface area contributed by atoms with Crippen molar-refractivity contribution in [2.24, 2.45) is 0 Å². The van der Waals surface area contributed by atoms with Gasteiger partial charge in [0.05, 0.1) is 0 Å². The summed E-state index contributed by atoms with van der Waals surface area (Å²) in [5.74, 6) is 0.109. The van der Waals surface area contributed by atoms with Crippen molar-refractivity contribution in [2.75, 3.05) is 26.2 Å². The molecule has 5 heteroatoms. The minimum absolute atomic E-state index is 0.109. The molecule has 3 aromatic rings. The number of rotatable bonds is 3. The van der Waals surface area contributed by atoms with Crippen LogP contribution in [-0.2, 0) is 6.54 Å². The van der Waals surface area contributed by atoms with Gasteiger partial charge in [0.1, 0.15) is 0 Å². The minimum atomic E-state index is 0.109. The molecule has 122 valence electrons. The van der Waals surface area contributed by atoms with Crippen molar-refractivity contribution in [1.29, 1.82) is 0 Å². The van der Waals surface area contributed by atoms with E-state index in [1.165, 1.54) is 15.6 Å². The molecular formula is C19H19N3OS. The van der Waals surface area contributed by atoms with E-state index in [2.05, 4.69) is 39.5 Å². The molecule has 24 heavy (non-hydrogen) atoms. The Bertz CT molecular complexity index is 838. The van der Waals surface area contributed by atoms with Crippen LogP contribution in [0.3, 0.4) is 0 Å². The maximum absolute atomic E-state index is 12.5. The fourth-order valence-corrected chi connectivity index (χ4v) is 4.14. The number of hydrogen-bond donors (Lipinski definition) is 0. The average Bonchev–Trinajstić information content (AvgIpc) is 3.06. The molecule has 1 amide bonds. The van der Waals surface area contributed by atoms with E-state index in [0.29, 0.717) is 0 Å². The number of benzene rings is 1. The maximum atomic E-state index is 12.5. The van der Waals surface area contributed by atoms with Crippen LogP contribution in [0.25, 0.3) is 10.1 Å². The second kappa shape index (κ2) is 6.71. The molecule has 1 aromatic carbocycles. The Hall–Kier alpha value is -2.24. The molecule has 1 saturated heterocycles. The summed E-state index contributed by atoms with van der Waals surface area (Å²) in [5, 5.41) is 3.62. The lowest BCUT2D eigenvalue weighted by Crippen LogP contribution is -2.48. The molecule has 0 atom stereocenters. The number of piperazine rings is 1. The van der Waals surface area contributed by atoms with Crippen LogP contribution in [0.4, 0.5) is 0 Å². The first kappa shape index (κ1) is 15.3. The molecule has 0 N–H and O–H groups in total. The first-order valence-corrected chi connectivity index (χ1v) is 9.06. The van der Waals surface area contributed by atoms with Gasteiger partial charge in [-0.25, -0.2) is 0 Å². The third-order valence-electron chi connectivity index (χ3n) is 4.54. The number of amides is 1. The zero-order valence-electron chi connectivity index (χ0n) is 13.4. The zero-order chi connectivity index (χ0) is 16.4. The van der Waals surface area contributed by atoms with E-state index in [1.54, 1.807) is 24.5 Å². The van der Waals surface area contributed by atoms with E-state index in [0.717, 1.165) is 38.3 Å². The Morgan fingerprint density at radius 1 is 1.04 bits per heavy atom. The van der Waals surface area contributed by atoms with Crippen LogP contribution in [0.5, 0.6) is 0 Å². The van der Waals surface area contributed by atoms with Gasteiger partial charge in [0.2, 0.25) is 0 Å². The van der Waals surface area contributed by atoms with Gasteiger partial charge in [0.25, 0.3) is 5.91 Å². The molecule has 0 radical (unpaired) electrons. The van der Waals surface area contributed by atoms with Crippen molar-refractivity contribution in [3.8, 4) is 0 Å². The Balaban J connectivity index is 1.39. The monoisotopic (exact) mass is 337 g/mol. The average molecular weight is 337 g/mol. The lowest BCUT2D eigenvalue weighted by atomic mass is 10.1. The van der Waals surface area contributed by atoms with Crippen LogP contribution in [0, 0.1) is 0 Å². The van der Waals surface area contributed by atoms with Crippen molar-refractivity contribution in [3.05, 3.63) is 65.3 Å². The molecule has 1 aliphatic heterocycles. The largest absolute Gasteiger partial charge is 0.336 e. The summed E-state index contributed by atoms with van der Waals surface area (Å²) in [6.07, 6.45) is 3.34. The molecule has 1 fully saturated rings. The predicted molar refractivity (Wildman–Crippen MR) is 97.2 cm³/mol. The summed E-state index contributed by atoms with van der Waals surface area (Å²) in [5.41, 5.74) is 2.12. The van der Waals surface area contributed by atoms with Crippen LogP contribution >= 0.6 is 11.3 Å². The van der Waals surface area contributed by atoms with Crippen molar-refractivity contribution < 1.29 is 4.79 Å². The van der Waals surface area contributed by atoms with Gasteiger partial charge in [0.15, 0.2) is 0 Å². The number of nitrogens with zero attached hydrogens (tertiary/aromatic N) is 3. The first-order valence-electron chi connectivity index (χ1n) is 8.18. The lowest BCUT2D eigenvalue weighted by Gasteiger charge is -2.34. The van der Waals surface area contributed by atoms with E-state index in [9.17, 15) is 4.79 Å². The van der Waals surface area contributed by atoms with Crippen LogP contribution in [-0.4, -0.2) is 46.9 Å². The Kier molecular flexibility index (Phi) is 4.28. The van der Waals surface area contributed by atoms with Crippen molar-refractivity contribution in [2.45, 2.75) is 6.54 Å². The third-order valence-corrected chi connectivity index (χ3v) is 5.55. The summed E-state index contributed by atoms with van der Waals surface area (Å²) in [6, 6.07) is 12.1. The molecule has 0 spiro atoms. The van der Waals surface area contributed by atoms with Gasteiger partial charge < -0.3 is 4.90 Å². The van der Waals surface area contributed by atoms with Gasteiger partial charge in [-0.2, -0.15) is 0 Å². The Morgan fingerprint density at radius 3 is 2.58 bits per heavy atom. The molecule has 3 heterocycles. The smallest absolute Gasteiger partial charge is 0.254 e. The summed E-state index contributed by atoms with van der Waals surface area (Å²) >= 11 is 1.81.